The zero-order valence-electron chi connectivity index (χ0n) is 9.99. The fraction of sp³-hybridized carbons (Fsp3) is 0.462. The van der Waals surface area contributed by atoms with Gasteiger partial charge in [-0.3, -0.25) is 4.68 Å². The van der Waals surface area contributed by atoms with Crippen molar-refractivity contribution in [1.29, 1.82) is 0 Å². The Balaban J connectivity index is 2.27. The zero-order valence-corrected chi connectivity index (χ0v) is 9.99. The van der Waals surface area contributed by atoms with Crippen LogP contribution in [0.4, 0.5) is 0 Å². The molecule has 0 radical (unpaired) electrons. The second-order valence-corrected chi connectivity index (χ2v) is 5.52. The number of aryl methyl sites for hydroxylation is 1. The van der Waals surface area contributed by atoms with Gasteiger partial charge in [0.1, 0.15) is 0 Å². The minimum absolute atomic E-state index is 0.171. The van der Waals surface area contributed by atoms with E-state index in [0.717, 1.165) is 17.6 Å². The Morgan fingerprint density at radius 1 is 1.31 bits per heavy atom. The molecule has 84 valence electrons. The summed E-state index contributed by atoms with van der Waals surface area (Å²) in [5, 5.41) is 5.80. The van der Waals surface area contributed by atoms with E-state index in [1.54, 1.807) is 0 Å². The minimum Gasteiger partial charge on any atom is -0.320 e. The molecule has 1 heterocycles. The summed E-state index contributed by atoms with van der Waals surface area (Å²) in [6.07, 6.45) is 1.01. The van der Waals surface area contributed by atoms with Crippen molar-refractivity contribution in [2.75, 3.05) is 0 Å². The molecule has 16 heavy (non-hydrogen) atoms. The number of hydrogen-bond donors (Lipinski definition) is 1. The Labute approximate surface area is 95.2 Å². The molecule has 1 aliphatic carbocycles. The molecule has 0 amide bonds. The first kappa shape index (κ1) is 9.85. The number of rotatable bonds is 1. The fourth-order valence-corrected chi connectivity index (χ4v) is 2.60. The van der Waals surface area contributed by atoms with Gasteiger partial charge >= 0.3 is 0 Å². The third-order valence-electron chi connectivity index (χ3n) is 3.98. The molecule has 1 aromatic carbocycles. The molecule has 1 aliphatic rings. The summed E-state index contributed by atoms with van der Waals surface area (Å²) in [6.45, 7) is 4.41. The number of benzene rings is 1. The van der Waals surface area contributed by atoms with Crippen molar-refractivity contribution in [2.24, 2.45) is 18.2 Å². The smallest absolute Gasteiger partial charge is 0.0907 e. The quantitative estimate of drug-likeness (QED) is 0.792. The van der Waals surface area contributed by atoms with E-state index in [0.29, 0.717) is 0 Å². The zero-order chi connectivity index (χ0) is 11.6. The minimum atomic E-state index is -0.242. The molecule has 2 N–H and O–H groups in total. The molecule has 1 fully saturated rings. The second kappa shape index (κ2) is 2.66. The standard InChI is InChI=1S/C13H17N3/c1-12(2)8-13(12,14)11-9-6-4-5-7-10(9)16(3)15-11/h4-7H,8,14H2,1-3H3. The first-order valence-corrected chi connectivity index (χ1v) is 5.67. The van der Waals surface area contributed by atoms with Crippen LogP contribution in [0.1, 0.15) is 26.0 Å². The molecule has 3 heteroatoms. The van der Waals surface area contributed by atoms with Crippen LogP contribution in [-0.2, 0) is 12.6 Å². The molecule has 1 saturated carbocycles. The highest BCUT2D eigenvalue weighted by Gasteiger charge is 2.61. The van der Waals surface area contributed by atoms with E-state index in [1.807, 2.05) is 23.9 Å². The van der Waals surface area contributed by atoms with E-state index in [1.165, 1.54) is 5.39 Å². The molecule has 2 aromatic rings. The number of hydrogen-bond acceptors (Lipinski definition) is 2. The topological polar surface area (TPSA) is 43.8 Å². The summed E-state index contributed by atoms with van der Waals surface area (Å²) in [5.74, 6) is 0. The lowest BCUT2D eigenvalue weighted by molar-refractivity contribution is 0.496. The predicted molar refractivity (Wildman–Crippen MR) is 65.0 cm³/mol. The molecule has 1 unspecified atom stereocenters. The Hall–Kier alpha value is -1.35. The lowest BCUT2D eigenvalue weighted by atomic mass is 9.99. The summed E-state index contributed by atoms with van der Waals surface area (Å²) in [4.78, 5) is 0. The van der Waals surface area contributed by atoms with Gasteiger partial charge in [0.15, 0.2) is 0 Å². The van der Waals surface area contributed by atoms with Gasteiger partial charge in [-0.15, -0.1) is 0 Å². The number of nitrogens with zero attached hydrogens (tertiary/aromatic N) is 2. The van der Waals surface area contributed by atoms with Crippen LogP contribution < -0.4 is 5.73 Å². The van der Waals surface area contributed by atoms with Crippen molar-refractivity contribution in [2.45, 2.75) is 25.8 Å². The molecule has 1 atom stereocenters. The van der Waals surface area contributed by atoms with Crippen molar-refractivity contribution < 1.29 is 0 Å². The van der Waals surface area contributed by atoms with Crippen LogP contribution in [0.25, 0.3) is 10.9 Å². The molecule has 3 rings (SSSR count). The average Bonchev–Trinajstić information content (AvgIpc) is 2.59. The summed E-state index contributed by atoms with van der Waals surface area (Å²) >= 11 is 0. The molecule has 0 aliphatic heterocycles. The molecular formula is C13H17N3. The van der Waals surface area contributed by atoms with Gasteiger partial charge in [-0.25, -0.2) is 0 Å². The van der Waals surface area contributed by atoms with Gasteiger partial charge in [0.25, 0.3) is 0 Å². The first-order chi connectivity index (χ1) is 7.46. The fourth-order valence-electron chi connectivity index (χ4n) is 2.60. The Morgan fingerprint density at radius 3 is 2.56 bits per heavy atom. The SMILES string of the molecule is Cn1nc(C2(N)CC2(C)C)c2ccccc21. The third-order valence-corrected chi connectivity index (χ3v) is 3.98. The lowest BCUT2D eigenvalue weighted by Gasteiger charge is -2.12. The van der Waals surface area contributed by atoms with E-state index in [-0.39, 0.29) is 11.0 Å². The van der Waals surface area contributed by atoms with E-state index < -0.39 is 0 Å². The van der Waals surface area contributed by atoms with Crippen molar-refractivity contribution in [1.82, 2.24) is 9.78 Å². The number of para-hydroxylation sites is 1. The Morgan fingerprint density at radius 2 is 1.94 bits per heavy atom. The number of nitrogens with two attached hydrogens (primary N) is 1. The van der Waals surface area contributed by atoms with Crippen LogP contribution in [0.5, 0.6) is 0 Å². The number of aromatic nitrogens is 2. The highest BCUT2D eigenvalue weighted by Crippen LogP contribution is 2.60. The predicted octanol–water partition coefficient (Wildman–Crippen LogP) is 2.16. The molecule has 1 aromatic heterocycles. The maximum Gasteiger partial charge on any atom is 0.0907 e. The largest absolute Gasteiger partial charge is 0.320 e. The second-order valence-electron chi connectivity index (χ2n) is 5.52. The van der Waals surface area contributed by atoms with Gasteiger partial charge in [0.05, 0.1) is 16.7 Å². The number of fused-ring (bicyclic) bond motifs is 1. The summed E-state index contributed by atoms with van der Waals surface area (Å²) < 4.78 is 1.92. The molecule has 3 nitrogen and oxygen atoms in total. The van der Waals surface area contributed by atoms with Gasteiger partial charge in [0, 0.05) is 12.4 Å². The highest BCUT2D eigenvalue weighted by molar-refractivity contribution is 5.83. The van der Waals surface area contributed by atoms with Gasteiger partial charge in [-0.05, 0) is 17.9 Å². The van der Waals surface area contributed by atoms with Crippen LogP contribution in [0.2, 0.25) is 0 Å². The van der Waals surface area contributed by atoms with Gasteiger partial charge in [-0.2, -0.15) is 5.10 Å². The molecule has 0 spiro atoms. The van der Waals surface area contributed by atoms with Crippen molar-refractivity contribution in [3.8, 4) is 0 Å². The highest BCUT2D eigenvalue weighted by atomic mass is 15.3. The van der Waals surface area contributed by atoms with Crippen LogP contribution in [0.3, 0.4) is 0 Å². The van der Waals surface area contributed by atoms with Crippen LogP contribution >= 0.6 is 0 Å². The van der Waals surface area contributed by atoms with Gasteiger partial charge in [0.2, 0.25) is 0 Å². The summed E-state index contributed by atoms with van der Waals surface area (Å²) in [7, 11) is 1.98. The van der Waals surface area contributed by atoms with Crippen molar-refractivity contribution >= 4 is 10.9 Å². The first-order valence-electron chi connectivity index (χ1n) is 5.67. The molecule has 0 saturated heterocycles. The maximum absolute atomic E-state index is 6.45. The third kappa shape index (κ3) is 1.04. The van der Waals surface area contributed by atoms with E-state index in [4.69, 9.17) is 5.73 Å². The van der Waals surface area contributed by atoms with E-state index in [2.05, 4.69) is 31.1 Å². The Kier molecular flexibility index (Phi) is 1.64. The maximum atomic E-state index is 6.45. The molecule has 0 bridgehead atoms. The Bertz CT molecular complexity index is 568. The van der Waals surface area contributed by atoms with Crippen LogP contribution in [0.15, 0.2) is 24.3 Å². The summed E-state index contributed by atoms with van der Waals surface area (Å²) in [6, 6.07) is 8.28. The summed E-state index contributed by atoms with van der Waals surface area (Å²) in [5.41, 5.74) is 8.59. The van der Waals surface area contributed by atoms with E-state index in [9.17, 15) is 0 Å². The van der Waals surface area contributed by atoms with Crippen molar-refractivity contribution in [3.63, 3.8) is 0 Å². The average molecular weight is 215 g/mol. The lowest BCUT2D eigenvalue weighted by Crippen LogP contribution is -2.26. The van der Waals surface area contributed by atoms with Crippen LogP contribution in [-0.4, -0.2) is 9.78 Å². The normalized spacial score (nSPS) is 27.2. The van der Waals surface area contributed by atoms with Crippen LogP contribution in [0, 0.1) is 5.41 Å². The van der Waals surface area contributed by atoms with Crippen molar-refractivity contribution in [3.05, 3.63) is 30.0 Å². The van der Waals surface area contributed by atoms with E-state index >= 15 is 0 Å². The molecular weight excluding hydrogens is 198 g/mol. The van der Waals surface area contributed by atoms with Gasteiger partial charge < -0.3 is 5.73 Å². The van der Waals surface area contributed by atoms with Gasteiger partial charge in [-0.1, -0.05) is 32.0 Å². The monoisotopic (exact) mass is 215 g/mol.